The molecule has 0 aliphatic carbocycles. The molecular formula is C27H36ClFN4O. The van der Waals surface area contributed by atoms with Crippen LogP contribution in [0.4, 0.5) is 15.8 Å². The number of hydrogen-bond acceptors (Lipinski definition) is 5. The highest BCUT2D eigenvalue weighted by Gasteiger charge is 2.35. The molecule has 2 aromatic carbocycles. The SMILES string of the molecule is CCCc1cc(Cl)ccc1C(C)Nc1cc(N2CCN(CC3(C=O)CCCN3)CC2)ccc1F. The van der Waals surface area contributed by atoms with E-state index < -0.39 is 0 Å². The third kappa shape index (κ3) is 5.73. The number of piperazine rings is 1. The fourth-order valence-corrected chi connectivity index (χ4v) is 5.47. The molecule has 0 amide bonds. The summed E-state index contributed by atoms with van der Waals surface area (Å²) in [6, 6.07) is 11.2. The molecule has 2 aromatic rings. The second-order valence-electron chi connectivity index (χ2n) is 9.69. The van der Waals surface area contributed by atoms with Gasteiger partial charge in [0.25, 0.3) is 0 Å². The van der Waals surface area contributed by atoms with Crippen LogP contribution in [0.3, 0.4) is 0 Å². The number of anilines is 2. The quantitative estimate of drug-likeness (QED) is 0.486. The van der Waals surface area contributed by atoms with E-state index in [0.29, 0.717) is 5.69 Å². The summed E-state index contributed by atoms with van der Waals surface area (Å²) in [6.45, 7) is 9.37. The normalized spacial score (nSPS) is 22.1. The van der Waals surface area contributed by atoms with Crippen LogP contribution in [-0.4, -0.2) is 56.0 Å². The Morgan fingerprint density at radius 3 is 2.68 bits per heavy atom. The molecule has 34 heavy (non-hydrogen) atoms. The van der Waals surface area contributed by atoms with Gasteiger partial charge in [0.05, 0.1) is 11.2 Å². The number of nitrogens with one attached hydrogen (secondary N) is 2. The van der Waals surface area contributed by atoms with Crippen molar-refractivity contribution in [1.82, 2.24) is 10.2 Å². The predicted octanol–water partition coefficient (Wildman–Crippen LogP) is 5.05. The fourth-order valence-electron chi connectivity index (χ4n) is 5.28. The van der Waals surface area contributed by atoms with Gasteiger partial charge in [-0.2, -0.15) is 0 Å². The summed E-state index contributed by atoms with van der Waals surface area (Å²) in [5, 5.41) is 7.51. The van der Waals surface area contributed by atoms with E-state index in [1.807, 2.05) is 30.3 Å². The van der Waals surface area contributed by atoms with Gasteiger partial charge in [0, 0.05) is 49.5 Å². The summed E-state index contributed by atoms with van der Waals surface area (Å²) in [5.74, 6) is -0.250. The standard InChI is InChI=1S/C27H36ClFN4O/c1-3-5-21-16-22(28)6-8-24(21)20(2)31-26-17-23(7-9-25(26)29)33-14-12-32(13-15-33)18-27(19-34)10-4-11-30-27/h6-9,16-17,19-20,30-31H,3-5,10-15,18H2,1-2H3. The molecule has 0 saturated carbocycles. The first kappa shape index (κ1) is 25.0. The molecule has 2 saturated heterocycles. The van der Waals surface area contributed by atoms with Crippen molar-refractivity contribution in [2.45, 2.75) is 51.1 Å². The fraction of sp³-hybridized carbons (Fsp3) is 0.519. The largest absolute Gasteiger partial charge is 0.376 e. The molecular weight excluding hydrogens is 451 g/mol. The Hall–Kier alpha value is -2.15. The molecule has 4 rings (SSSR count). The van der Waals surface area contributed by atoms with Crippen LogP contribution in [0, 0.1) is 5.82 Å². The Kier molecular flexibility index (Phi) is 8.12. The van der Waals surface area contributed by atoms with Crippen molar-refractivity contribution in [3.63, 3.8) is 0 Å². The second-order valence-corrected chi connectivity index (χ2v) is 10.1. The van der Waals surface area contributed by atoms with Gasteiger partial charge in [0.15, 0.2) is 0 Å². The Labute approximate surface area is 207 Å². The van der Waals surface area contributed by atoms with Gasteiger partial charge >= 0.3 is 0 Å². The van der Waals surface area contributed by atoms with Crippen LogP contribution in [0.2, 0.25) is 5.02 Å². The number of nitrogens with zero attached hydrogens (tertiary/aromatic N) is 2. The Balaban J connectivity index is 1.41. The van der Waals surface area contributed by atoms with Crippen LogP contribution < -0.4 is 15.5 Å². The molecule has 0 radical (unpaired) electrons. The Morgan fingerprint density at radius 2 is 2.00 bits per heavy atom. The van der Waals surface area contributed by atoms with Crippen LogP contribution in [0.1, 0.15) is 50.3 Å². The molecule has 2 fully saturated rings. The van der Waals surface area contributed by atoms with Crippen LogP contribution in [0.25, 0.3) is 0 Å². The molecule has 2 unspecified atom stereocenters. The molecule has 2 heterocycles. The lowest BCUT2D eigenvalue weighted by Gasteiger charge is -2.39. The van der Waals surface area contributed by atoms with Crippen molar-refractivity contribution in [2.24, 2.45) is 0 Å². The molecule has 7 heteroatoms. The lowest BCUT2D eigenvalue weighted by molar-refractivity contribution is -0.113. The molecule has 184 valence electrons. The van der Waals surface area contributed by atoms with E-state index in [4.69, 9.17) is 11.6 Å². The maximum atomic E-state index is 14.7. The minimum absolute atomic E-state index is 0.0427. The first-order valence-corrected chi connectivity index (χ1v) is 12.8. The van der Waals surface area contributed by atoms with Crippen molar-refractivity contribution in [2.75, 3.05) is 49.5 Å². The molecule has 0 bridgehead atoms. The number of carbonyl (C=O) groups is 1. The van der Waals surface area contributed by atoms with Crippen LogP contribution in [0.15, 0.2) is 36.4 Å². The summed E-state index contributed by atoms with van der Waals surface area (Å²) < 4.78 is 14.7. The highest BCUT2D eigenvalue weighted by atomic mass is 35.5. The zero-order valence-corrected chi connectivity index (χ0v) is 21.0. The van der Waals surface area contributed by atoms with Gasteiger partial charge in [-0.15, -0.1) is 0 Å². The summed E-state index contributed by atoms with van der Waals surface area (Å²) >= 11 is 6.21. The number of aldehydes is 1. The topological polar surface area (TPSA) is 47.6 Å². The van der Waals surface area contributed by atoms with E-state index in [-0.39, 0.29) is 17.4 Å². The molecule has 2 atom stereocenters. The van der Waals surface area contributed by atoms with Crippen LogP contribution in [0.5, 0.6) is 0 Å². The number of halogens is 2. The highest BCUT2D eigenvalue weighted by Crippen LogP contribution is 2.30. The summed E-state index contributed by atoms with van der Waals surface area (Å²) in [4.78, 5) is 16.3. The van der Waals surface area contributed by atoms with Crippen LogP contribution in [-0.2, 0) is 11.2 Å². The van der Waals surface area contributed by atoms with Gasteiger partial charge in [-0.1, -0.05) is 31.0 Å². The van der Waals surface area contributed by atoms with Gasteiger partial charge in [-0.05, 0) is 74.2 Å². The van der Waals surface area contributed by atoms with Crippen molar-refractivity contribution >= 4 is 29.3 Å². The van der Waals surface area contributed by atoms with E-state index in [1.165, 1.54) is 5.56 Å². The summed E-state index contributed by atoms with van der Waals surface area (Å²) in [7, 11) is 0. The monoisotopic (exact) mass is 486 g/mol. The minimum atomic E-state index is -0.385. The van der Waals surface area contributed by atoms with Gasteiger partial charge in [0.2, 0.25) is 0 Å². The lowest BCUT2D eigenvalue weighted by Crippen LogP contribution is -2.56. The average molecular weight is 487 g/mol. The molecule has 0 aromatic heterocycles. The van der Waals surface area contributed by atoms with Gasteiger partial charge in [-0.3, -0.25) is 4.90 Å². The molecule has 0 spiro atoms. The zero-order chi connectivity index (χ0) is 24.1. The van der Waals surface area contributed by atoms with Crippen molar-refractivity contribution < 1.29 is 9.18 Å². The van der Waals surface area contributed by atoms with E-state index in [1.54, 1.807) is 6.07 Å². The Bertz CT molecular complexity index is 987. The maximum Gasteiger partial charge on any atom is 0.146 e. The maximum absolute atomic E-state index is 14.7. The smallest absolute Gasteiger partial charge is 0.146 e. The first-order chi connectivity index (χ1) is 16.4. The van der Waals surface area contributed by atoms with Crippen molar-refractivity contribution in [1.29, 1.82) is 0 Å². The van der Waals surface area contributed by atoms with Gasteiger partial charge < -0.3 is 20.3 Å². The summed E-state index contributed by atoms with van der Waals surface area (Å²) in [5.41, 5.74) is 3.50. The molecule has 2 N–H and O–H groups in total. The Morgan fingerprint density at radius 1 is 1.21 bits per heavy atom. The average Bonchev–Trinajstić information content (AvgIpc) is 3.30. The van der Waals surface area contributed by atoms with E-state index >= 15 is 0 Å². The number of benzene rings is 2. The number of carbonyl (C=O) groups excluding carboxylic acids is 1. The molecule has 2 aliphatic rings. The second kappa shape index (κ2) is 11.1. The number of hydrogen-bond donors (Lipinski definition) is 2. The molecule has 5 nitrogen and oxygen atoms in total. The lowest BCUT2D eigenvalue weighted by atomic mass is 9.98. The van der Waals surface area contributed by atoms with Gasteiger partial charge in [0.1, 0.15) is 12.1 Å². The van der Waals surface area contributed by atoms with Crippen LogP contribution >= 0.6 is 11.6 Å². The third-order valence-corrected chi connectivity index (χ3v) is 7.39. The van der Waals surface area contributed by atoms with Gasteiger partial charge in [-0.25, -0.2) is 4.39 Å². The highest BCUT2D eigenvalue weighted by molar-refractivity contribution is 6.30. The summed E-state index contributed by atoms with van der Waals surface area (Å²) in [6.07, 6.45) is 5.03. The predicted molar refractivity (Wildman–Crippen MR) is 139 cm³/mol. The third-order valence-electron chi connectivity index (χ3n) is 7.16. The minimum Gasteiger partial charge on any atom is -0.376 e. The van der Waals surface area contributed by atoms with E-state index in [0.717, 1.165) is 87.5 Å². The number of rotatable bonds is 9. The first-order valence-electron chi connectivity index (χ1n) is 12.5. The number of aryl methyl sites for hydroxylation is 1. The van der Waals surface area contributed by atoms with Crippen molar-refractivity contribution in [3.05, 3.63) is 58.4 Å². The van der Waals surface area contributed by atoms with Crippen molar-refractivity contribution in [3.8, 4) is 0 Å². The molecule has 2 aliphatic heterocycles. The van der Waals surface area contributed by atoms with E-state index in [9.17, 15) is 9.18 Å². The van der Waals surface area contributed by atoms with E-state index in [2.05, 4.69) is 34.3 Å². The zero-order valence-electron chi connectivity index (χ0n) is 20.2.